The molecule has 0 atom stereocenters. The molecule has 2 aromatic carbocycles. The first-order valence-corrected chi connectivity index (χ1v) is 8.72. The van der Waals surface area contributed by atoms with Crippen LogP contribution in [0, 0.1) is 6.92 Å². The second-order valence-corrected chi connectivity index (χ2v) is 7.01. The maximum atomic E-state index is 12.9. The third kappa shape index (κ3) is 3.96. The lowest BCUT2D eigenvalue weighted by Gasteiger charge is -2.05. The summed E-state index contributed by atoms with van der Waals surface area (Å²) < 4.78 is 39.0. The molecule has 8 heteroatoms. The second kappa shape index (κ2) is 6.95. The Morgan fingerprint density at radius 3 is 2.73 bits per heavy atom. The van der Waals surface area contributed by atoms with Crippen LogP contribution < -0.4 is 16.0 Å². The monoisotopic (exact) mass is 380 g/mol. The molecule has 0 spiro atoms. The van der Waals surface area contributed by atoms with Crippen LogP contribution in [0.3, 0.4) is 0 Å². The van der Waals surface area contributed by atoms with E-state index in [0.29, 0.717) is 17.7 Å². The molecule has 1 heterocycles. The molecule has 136 valence electrons. The molecule has 0 unspecified atom stereocenters. The Balaban J connectivity index is 1.73. The summed E-state index contributed by atoms with van der Waals surface area (Å²) in [6, 6.07) is 9.81. The van der Waals surface area contributed by atoms with Crippen LogP contribution in [0.1, 0.15) is 26.5 Å². The maximum absolute atomic E-state index is 12.9. The third-order valence-corrected chi connectivity index (χ3v) is 5.04. The summed E-state index contributed by atoms with van der Waals surface area (Å²) in [5.41, 5.74) is 7.31. The number of thiazole rings is 1. The fourth-order valence-corrected chi connectivity index (χ4v) is 3.57. The largest absolute Gasteiger partial charge is 0.416 e. The minimum absolute atomic E-state index is 0.00474. The maximum Gasteiger partial charge on any atom is 0.416 e. The molecule has 0 saturated carbocycles. The normalized spacial score (nSPS) is 11.7. The van der Waals surface area contributed by atoms with Gasteiger partial charge in [0.1, 0.15) is 4.70 Å². The highest BCUT2D eigenvalue weighted by atomic mass is 32.1. The summed E-state index contributed by atoms with van der Waals surface area (Å²) >= 11 is 1.04. The van der Waals surface area contributed by atoms with Crippen LogP contribution >= 0.6 is 11.3 Å². The molecular formula is C18H17F3N3OS+. The molecule has 0 aliphatic heterocycles. The van der Waals surface area contributed by atoms with E-state index in [2.05, 4.69) is 10.3 Å². The average Bonchev–Trinajstić information content (AvgIpc) is 2.99. The Hall–Kier alpha value is -2.61. The van der Waals surface area contributed by atoms with Crippen molar-refractivity contribution in [2.75, 3.05) is 12.3 Å². The van der Waals surface area contributed by atoms with E-state index in [1.165, 1.54) is 0 Å². The predicted molar refractivity (Wildman–Crippen MR) is 95.0 cm³/mol. The fraction of sp³-hybridized carbons (Fsp3) is 0.222. The lowest BCUT2D eigenvalue weighted by Crippen LogP contribution is -2.29. The number of nitrogen functional groups attached to an aromatic ring is 1. The zero-order valence-corrected chi connectivity index (χ0v) is 14.7. The minimum atomic E-state index is -4.49. The van der Waals surface area contributed by atoms with Gasteiger partial charge in [-0.25, -0.2) is 0 Å². The standard InChI is InChI=1S/C18H16F3N3OS/c1-10-3-2-4-11(7-10)5-6-23-16(25)17-24-14-9-12(18(19,20)21)8-13(22)15(14)26-17/h2-4,7-9H,5-6,22H2,1H3,(H,23,25)/p+1. The molecule has 3 rings (SSSR count). The minimum Gasteiger partial charge on any atom is -0.397 e. The van der Waals surface area contributed by atoms with Gasteiger partial charge in [0, 0.05) is 12.6 Å². The molecule has 0 bridgehead atoms. The lowest BCUT2D eigenvalue weighted by atomic mass is 10.1. The van der Waals surface area contributed by atoms with E-state index in [1.54, 1.807) is 0 Å². The third-order valence-electron chi connectivity index (χ3n) is 3.89. The number of carbonyl (C=O) groups excluding carboxylic acids is 1. The van der Waals surface area contributed by atoms with Gasteiger partial charge in [-0.05, 0) is 25.0 Å². The van der Waals surface area contributed by atoms with Gasteiger partial charge in [-0.2, -0.15) is 18.2 Å². The highest BCUT2D eigenvalue weighted by Crippen LogP contribution is 2.35. The van der Waals surface area contributed by atoms with Crippen molar-refractivity contribution in [3.8, 4) is 0 Å². The number of H-pyrrole nitrogens is 1. The molecule has 1 aromatic heterocycles. The van der Waals surface area contributed by atoms with Crippen molar-refractivity contribution in [3.63, 3.8) is 0 Å². The van der Waals surface area contributed by atoms with Crippen molar-refractivity contribution in [1.82, 2.24) is 5.32 Å². The molecule has 0 saturated heterocycles. The quantitative estimate of drug-likeness (QED) is 0.679. The van der Waals surface area contributed by atoms with Crippen LogP contribution in [-0.4, -0.2) is 12.5 Å². The van der Waals surface area contributed by atoms with E-state index in [1.807, 2.05) is 31.2 Å². The molecular weight excluding hydrogens is 363 g/mol. The van der Waals surface area contributed by atoms with Gasteiger partial charge in [0.15, 0.2) is 0 Å². The van der Waals surface area contributed by atoms with E-state index in [4.69, 9.17) is 5.73 Å². The number of rotatable bonds is 4. The number of fused-ring (bicyclic) bond motifs is 1. The average molecular weight is 380 g/mol. The highest BCUT2D eigenvalue weighted by Gasteiger charge is 2.33. The molecule has 4 N–H and O–H groups in total. The zero-order valence-electron chi connectivity index (χ0n) is 13.9. The van der Waals surface area contributed by atoms with Crippen molar-refractivity contribution in [2.45, 2.75) is 19.5 Å². The number of hydrogen-bond donors (Lipinski definition) is 2. The molecule has 26 heavy (non-hydrogen) atoms. The topological polar surface area (TPSA) is 69.3 Å². The molecule has 3 aromatic rings. The second-order valence-electron chi connectivity index (χ2n) is 5.99. The van der Waals surface area contributed by atoms with E-state index in [9.17, 15) is 18.0 Å². The van der Waals surface area contributed by atoms with Crippen molar-refractivity contribution >= 4 is 33.1 Å². The van der Waals surface area contributed by atoms with Gasteiger partial charge < -0.3 is 11.1 Å². The lowest BCUT2D eigenvalue weighted by molar-refractivity contribution is -0.342. The number of alkyl halides is 3. The number of carbonyl (C=O) groups is 1. The van der Waals surface area contributed by atoms with E-state index in [-0.39, 0.29) is 22.1 Å². The first kappa shape index (κ1) is 18.2. The van der Waals surface area contributed by atoms with Gasteiger partial charge in [-0.1, -0.05) is 41.2 Å². The molecule has 0 fully saturated rings. The van der Waals surface area contributed by atoms with E-state index >= 15 is 0 Å². The van der Waals surface area contributed by atoms with Gasteiger partial charge in [0.25, 0.3) is 0 Å². The number of benzene rings is 2. The van der Waals surface area contributed by atoms with Crippen molar-refractivity contribution in [2.24, 2.45) is 0 Å². The number of amides is 1. The van der Waals surface area contributed by atoms with Gasteiger partial charge in [0.2, 0.25) is 5.52 Å². The van der Waals surface area contributed by atoms with Crippen molar-refractivity contribution in [3.05, 3.63) is 58.1 Å². The van der Waals surface area contributed by atoms with Gasteiger partial charge in [0.05, 0.1) is 11.3 Å². The van der Waals surface area contributed by atoms with Gasteiger partial charge in [-0.3, -0.25) is 4.79 Å². The van der Waals surface area contributed by atoms with Crippen molar-refractivity contribution in [1.29, 1.82) is 0 Å². The summed E-state index contributed by atoms with van der Waals surface area (Å²) in [4.78, 5) is 15.0. The Kier molecular flexibility index (Phi) is 4.86. The molecule has 0 radical (unpaired) electrons. The SMILES string of the molecule is Cc1cccc(CCNC(=O)c2[nH+]c3cc(C(F)(F)F)cc(N)c3s2)c1. The number of aromatic amines is 1. The number of aryl methyl sites for hydroxylation is 1. The van der Waals surface area contributed by atoms with E-state index in [0.717, 1.165) is 34.6 Å². The zero-order chi connectivity index (χ0) is 18.9. The number of anilines is 1. The van der Waals surface area contributed by atoms with Crippen LogP contribution in [0.2, 0.25) is 0 Å². The van der Waals surface area contributed by atoms with Gasteiger partial charge in [-0.15, -0.1) is 0 Å². The smallest absolute Gasteiger partial charge is 0.397 e. The first-order valence-electron chi connectivity index (χ1n) is 7.90. The molecule has 0 aliphatic carbocycles. The number of nitrogens with two attached hydrogens (primary N) is 1. The highest BCUT2D eigenvalue weighted by molar-refractivity contribution is 7.20. The Labute approximate surface area is 151 Å². The Bertz CT molecular complexity index is 966. The molecule has 1 amide bonds. The number of aromatic nitrogens is 1. The van der Waals surface area contributed by atoms with Crippen molar-refractivity contribution < 1.29 is 22.9 Å². The summed E-state index contributed by atoms with van der Waals surface area (Å²) in [6.07, 6.45) is -3.83. The number of halogens is 3. The summed E-state index contributed by atoms with van der Waals surface area (Å²) in [6.45, 7) is 2.42. The predicted octanol–water partition coefficient (Wildman–Crippen LogP) is 3.60. The molecule has 0 aliphatic rings. The first-order chi connectivity index (χ1) is 12.2. The Morgan fingerprint density at radius 1 is 1.27 bits per heavy atom. The summed E-state index contributed by atoms with van der Waals surface area (Å²) in [5.74, 6) is -0.369. The summed E-state index contributed by atoms with van der Waals surface area (Å²) in [7, 11) is 0. The van der Waals surface area contributed by atoms with Crippen LogP contribution in [0.5, 0.6) is 0 Å². The number of nitrogens with one attached hydrogen (secondary N) is 2. The van der Waals surface area contributed by atoms with Crippen LogP contribution in [-0.2, 0) is 12.6 Å². The van der Waals surface area contributed by atoms with Crippen LogP contribution in [0.25, 0.3) is 10.2 Å². The fourth-order valence-electron chi connectivity index (χ4n) is 2.64. The van der Waals surface area contributed by atoms with Crippen LogP contribution in [0.15, 0.2) is 36.4 Å². The van der Waals surface area contributed by atoms with Crippen LogP contribution in [0.4, 0.5) is 18.9 Å². The van der Waals surface area contributed by atoms with E-state index < -0.39 is 11.7 Å². The van der Waals surface area contributed by atoms with Gasteiger partial charge >= 0.3 is 17.1 Å². The number of hydrogen-bond acceptors (Lipinski definition) is 3. The Morgan fingerprint density at radius 2 is 2.04 bits per heavy atom. The molecule has 4 nitrogen and oxygen atoms in total. The summed E-state index contributed by atoms with van der Waals surface area (Å²) in [5, 5.41) is 2.99.